The number of aromatic amines is 1. The lowest BCUT2D eigenvalue weighted by molar-refractivity contribution is 0.270. The number of nitrogens with zero attached hydrogens (tertiary/aromatic N) is 2. The van der Waals surface area contributed by atoms with Gasteiger partial charge in [0.1, 0.15) is 0 Å². The molecule has 1 aromatic heterocycles. The van der Waals surface area contributed by atoms with Crippen LogP contribution in [0.25, 0.3) is 0 Å². The maximum absolute atomic E-state index is 11.5. The normalized spacial score (nSPS) is 23.0. The summed E-state index contributed by atoms with van der Waals surface area (Å²) >= 11 is 0. The molecule has 1 aliphatic rings. The largest absolute Gasteiger partial charge is 0.489 e. The van der Waals surface area contributed by atoms with Crippen molar-refractivity contribution in [3.63, 3.8) is 0 Å². The summed E-state index contributed by atoms with van der Waals surface area (Å²) in [4.78, 5) is 20.1. The zero-order valence-corrected chi connectivity index (χ0v) is 10.1. The van der Waals surface area contributed by atoms with Crippen LogP contribution in [0.4, 0.5) is 5.82 Å². The molecular weight excluding hydrogens is 220 g/mol. The van der Waals surface area contributed by atoms with E-state index >= 15 is 0 Å². The van der Waals surface area contributed by atoms with Gasteiger partial charge in [0.05, 0.1) is 13.4 Å². The van der Waals surface area contributed by atoms with Crippen LogP contribution in [-0.2, 0) is 0 Å². The number of aromatic nitrogens is 2. The van der Waals surface area contributed by atoms with Gasteiger partial charge < -0.3 is 20.4 Å². The van der Waals surface area contributed by atoms with E-state index in [0.29, 0.717) is 17.8 Å². The second kappa shape index (κ2) is 4.75. The van der Waals surface area contributed by atoms with Crippen molar-refractivity contribution in [2.45, 2.75) is 18.9 Å². The zero-order chi connectivity index (χ0) is 12.4. The minimum Gasteiger partial charge on any atom is -0.489 e. The molecule has 1 saturated carbocycles. The highest BCUT2D eigenvalue weighted by Gasteiger charge is 2.28. The lowest BCUT2D eigenvalue weighted by Crippen LogP contribution is -2.42. The third kappa shape index (κ3) is 2.41. The molecule has 6 nitrogen and oxygen atoms in total. The molecule has 0 atom stereocenters. The first kappa shape index (κ1) is 11.9. The van der Waals surface area contributed by atoms with Crippen LogP contribution in [0.2, 0.25) is 0 Å². The maximum atomic E-state index is 11.5. The first-order chi connectivity index (χ1) is 8.11. The van der Waals surface area contributed by atoms with Crippen LogP contribution in [0, 0.1) is 5.92 Å². The van der Waals surface area contributed by atoms with Crippen molar-refractivity contribution in [1.82, 2.24) is 9.97 Å². The average Bonchev–Trinajstić information content (AvgIpc) is 2.26. The summed E-state index contributed by atoms with van der Waals surface area (Å²) in [5.41, 5.74) is 5.49. The monoisotopic (exact) mass is 238 g/mol. The number of H-pyrrole nitrogens is 1. The van der Waals surface area contributed by atoms with Gasteiger partial charge in [0.25, 0.3) is 5.56 Å². The summed E-state index contributed by atoms with van der Waals surface area (Å²) in [6.45, 7) is 0.848. The van der Waals surface area contributed by atoms with Crippen LogP contribution < -0.4 is 20.9 Å². The molecule has 0 unspecified atom stereocenters. The molecule has 0 aromatic carbocycles. The van der Waals surface area contributed by atoms with E-state index in [0.717, 1.165) is 19.4 Å². The van der Waals surface area contributed by atoms with E-state index in [4.69, 9.17) is 10.5 Å². The number of hydrogen-bond donors (Lipinski definition) is 2. The van der Waals surface area contributed by atoms with Gasteiger partial charge in [-0.2, -0.15) is 0 Å². The topological polar surface area (TPSA) is 84.2 Å². The van der Waals surface area contributed by atoms with E-state index in [1.807, 2.05) is 11.9 Å². The first-order valence-corrected chi connectivity index (χ1v) is 5.70. The van der Waals surface area contributed by atoms with Gasteiger partial charge in [-0.25, -0.2) is 4.98 Å². The zero-order valence-electron chi connectivity index (χ0n) is 10.1. The molecule has 1 fully saturated rings. The van der Waals surface area contributed by atoms with Crippen molar-refractivity contribution in [3.8, 4) is 5.75 Å². The Labute approximate surface area is 99.8 Å². The van der Waals surface area contributed by atoms with Crippen LogP contribution >= 0.6 is 0 Å². The van der Waals surface area contributed by atoms with Crippen molar-refractivity contribution in [1.29, 1.82) is 0 Å². The lowest BCUT2D eigenvalue weighted by Gasteiger charge is -2.35. The predicted molar refractivity (Wildman–Crippen MR) is 65.4 cm³/mol. The molecule has 0 spiro atoms. The smallest absolute Gasteiger partial charge is 0.295 e. The van der Waals surface area contributed by atoms with Gasteiger partial charge in [-0.3, -0.25) is 4.79 Å². The highest BCUT2D eigenvalue weighted by atomic mass is 16.5. The summed E-state index contributed by atoms with van der Waals surface area (Å²) in [7, 11) is 3.39. The van der Waals surface area contributed by atoms with Crippen LogP contribution in [0.15, 0.2) is 11.1 Å². The molecule has 0 aliphatic heterocycles. The van der Waals surface area contributed by atoms with E-state index in [1.165, 1.54) is 13.4 Å². The van der Waals surface area contributed by atoms with Gasteiger partial charge in [0, 0.05) is 19.6 Å². The Morgan fingerprint density at radius 3 is 2.94 bits per heavy atom. The summed E-state index contributed by atoms with van der Waals surface area (Å²) in [6.07, 6.45) is 3.47. The molecule has 0 amide bonds. The highest BCUT2D eigenvalue weighted by Crippen LogP contribution is 2.28. The molecule has 1 aromatic rings. The number of anilines is 1. The van der Waals surface area contributed by atoms with Gasteiger partial charge in [-0.05, 0) is 18.8 Å². The maximum Gasteiger partial charge on any atom is 0.295 e. The summed E-state index contributed by atoms with van der Waals surface area (Å²) in [5.74, 6) is 1.43. The predicted octanol–water partition coefficient (Wildman–Crippen LogP) is -0.0480. The third-order valence-electron chi connectivity index (χ3n) is 3.16. The van der Waals surface area contributed by atoms with Crippen LogP contribution in [0.5, 0.6) is 5.75 Å². The fourth-order valence-corrected chi connectivity index (χ4v) is 2.24. The van der Waals surface area contributed by atoms with Crippen molar-refractivity contribution in [2.24, 2.45) is 11.7 Å². The number of rotatable bonds is 4. The van der Waals surface area contributed by atoms with Crippen molar-refractivity contribution in [2.75, 3.05) is 25.6 Å². The molecule has 94 valence electrons. The molecule has 0 saturated heterocycles. The number of nitrogens with one attached hydrogen (secondary N) is 1. The number of hydrogen-bond acceptors (Lipinski definition) is 5. The molecule has 17 heavy (non-hydrogen) atoms. The molecular formula is C11H18N4O2. The fraction of sp³-hybridized carbons (Fsp3) is 0.636. The van der Waals surface area contributed by atoms with E-state index in [9.17, 15) is 4.79 Å². The van der Waals surface area contributed by atoms with E-state index in [2.05, 4.69) is 9.97 Å². The lowest BCUT2D eigenvalue weighted by atomic mass is 9.80. The average molecular weight is 238 g/mol. The molecule has 6 heteroatoms. The molecule has 3 N–H and O–H groups in total. The van der Waals surface area contributed by atoms with E-state index in [-0.39, 0.29) is 11.3 Å². The minimum atomic E-state index is -0.255. The fourth-order valence-electron chi connectivity index (χ4n) is 2.24. The number of ether oxygens (including phenoxy) is 1. The summed E-state index contributed by atoms with van der Waals surface area (Å²) < 4.78 is 5.08. The Balaban J connectivity index is 2.10. The molecule has 0 radical (unpaired) electrons. The van der Waals surface area contributed by atoms with E-state index < -0.39 is 0 Å². The number of methoxy groups -OCH3 is 1. The SMILES string of the molecule is COc1c(N(C)CC2CC(N)C2)nc[nH]c1=O. The Hall–Kier alpha value is -1.56. The second-order valence-corrected chi connectivity index (χ2v) is 4.57. The molecule has 1 heterocycles. The molecule has 1 aliphatic carbocycles. The van der Waals surface area contributed by atoms with Gasteiger partial charge in [-0.1, -0.05) is 0 Å². The van der Waals surface area contributed by atoms with Gasteiger partial charge in [-0.15, -0.1) is 0 Å². The van der Waals surface area contributed by atoms with Crippen LogP contribution in [-0.4, -0.2) is 36.7 Å². The minimum absolute atomic E-state index is 0.255. The standard InChI is InChI=1S/C11H18N4O2/c1-15(5-7-3-8(12)4-7)10-9(17-2)11(16)14-6-13-10/h6-8H,3-5,12H2,1-2H3,(H,13,14,16). The summed E-state index contributed by atoms with van der Waals surface area (Å²) in [5, 5.41) is 0. The Bertz CT molecular complexity index is 439. The first-order valence-electron chi connectivity index (χ1n) is 5.70. The molecule has 2 rings (SSSR count). The van der Waals surface area contributed by atoms with Crippen molar-refractivity contribution < 1.29 is 4.74 Å². The highest BCUT2D eigenvalue weighted by molar-refractivity contribution is 5.49. The Morgan fingerprint density at radius 1 is 1.65 bits per heavy atom. The van der Waals surface area contributed by atoms with E-state index in [1.54, 1.807) is 0 Å². The van der Waals surface area contributed by atoms with Gasteiger partial charge >= 0.3 is 0 Å². The van der Waals surface area contributed by atoms with Gasteiger partial charge in [0.15, 0.2) is 5.82 Å². The second-order valence-electron chi connectivity index (χ2n) is 4.57. The van der Waals surface area contributed by atoms with Crippen LogP contribution in [0.1, 0.15) is 12.8 Å². The van der Waals surface area contributed by atoms with Crippen molar-refractivity contribution in [3.05, 3.63) is 16.7 Å². The summed E-state index contributed by atoms with van der Waals surface area (Å²) in [6, 6.07) is 0.336. The Kier molecular flexibility index (Phi) is 3.33. The van der Waals surface area contributed by atoms with Crippen molar-refractivity contribution >= 4 is 5.82 Å². The Morgan fingerprint density at radius 2 is 2.35 bits per heavy atom. The number of nitrogens with two attached hydrogens (primary N) is 1. The quantitative estimate of drug-likeness (QED) is 0.768. The molecule has 0 bridgehead atoms. The third-order valence-corrected chi connectivity index (χ3v) is 3.16. The van der Waals surface area contributed by atoms with Crippen LogP contribution in [0.3, 0.4) is 0 Å². The van der Waals surface area contributed by atoms with Gasteiger partial charge in [0.2, 0.25) is 5.75 Å².